The number of carboxylic acids is 1. The topological polar surface area (TPSA) is 107 Å². The van der Waals surface area contributed by atoms with Gasteiger partial charge >= 0.3 is 17.9 Å². The predicted octanol–water partition coefficient (Wildman–Crippen LogP) is 0.979. The van der Waals surface area contributed by atoms with E-state index in [1.165, 1.54) is 12.1 Å². The number of esters is 2. The van der Waals surface area contributed by atoms with Crippen LogP contribution in [0.1, 0.15) is 16.8 Å². The minimum Gasteiger partial charge on any atom is -0.478 e. The zero-order valence-electron chi connectivity index (χ0n) is 10.9. The summed E-state index contributed by atoms with van der Waals surface area (Å²) >= 11 is 0. The molecule has 0 bridgehead atoms. The van der Waals surface area contributed by atoms with Crippen molar-refractivity contribution >= 4 is 24.2 Å². The Hall–Kier alpha value is -2.96. The first-order valence-electron chi connectivity index (χ1n) is 5.85. The summed E-state index contributed by atoms with van der Waals surface area (Å²) in [7, 11) is 0. The molecule has 1 aromatic carbocycles. The molecule has 0 unspecified atom stereocenters. The van der Waals surface area contributed by atoms with E-state index in [0.29, 0.717) is 12.4 Å². The van der Waals surface area contributed by atoms with Crippen LogP contribution < -0.4 is 4.74 Å². The maximum absolute atomic E-state index is 11.5. The Morgan fingerprint density at radius 1 is 1.14 bits per heavy atom. The van der Waals surface area contributed by atoms with Crippen LogP contribution in [0.2, 0.25) is 0 Å². The van der Waals surface area contributed by atoms with Crippen LogP contribution in [0.4, 0.5) is 0 Å². The maximum atomic E-state index is 11.5. The van der Waals surface area contributed by atoms with E-state index in [1.807, 2.05) is 0 Å². The minimum absolute atomic E-state index is 0.120. The summed E-state index contributed by atoms with van der Waals surface area (Å²) in [6.45, 7) is -0.259. The van der Waals surface area contributed by atoms with Gasteiger partial charge in [0.25, 0.3) is 0 Å². The molecular weight excluding hydrogens is 280 g/mol. The maximum Gasteiger partial charge on any atom is 0.331 e. The van der Waals surface area contributed by atoms with Crippen molar-refractivity contribution in [2.75, 3.05) is 6.61 Å². The second kappa shape index (κ2) is 8.26. The number of rotatable bonds is 7. The lowest BCUT2D eigenvalue weighted by atomic mass is 10.2. The Balaban J connectivity index is 2.39. The first-order valence-corrected chi connectivity index (χ1v) is 5.85. The van der Waals surface area contributed by atoms with Crippen molar-refractivity contribution in [3.63, 3.8) is 0 Å². The highest BCUT2D eigenvalue weighted by Gasteiger charge is 2.09. The summed E-state index contributed by atoms with van der Waals surface area (Å²) in [5.41, 5.74) is 0.229. The molecule has 110 valence electrons. The fourth-order valence-corrected chi connectivity index (χ4v) is 1.27. The Kier molecular flexibility index (Phi) is 6.33. The highest BCUT2D eigenvalue weighted by molar-refractivity contribution is 5.90. The summed E-state index contributed by atoms with van der Waals surface area (Å²) in [6.07, 6.45) is 1.69. The van der Waals surface area contributed by atoms with E-state index < -0.39 is 17.9 Å². The molecule has 0 heterocycles. The molecule has 0 fully saturated rings. The second-order valence-corrected chi connectivity index (χ2v) is 3.72. The molecular formula is C14H12O7. The molecule has 0 aliphatic rings. The summed E-state index contributed by atoms with van der Waals surface area (Å²) < 4.78 is 9.54. The van der Waals surface area contributed by atoms with E-state index in [9.17, 15) is 19.2 Å². The SMILES string of the molecule is O=Cc1ccccc1OC(=O)CCOC(=O)/C=C/C(=O)O. The van der Waals surface area contributed by atoms with Gasteiger partial charge in [0.1, 0.15) is 12.4 Å². The van der Waals surface area contributed by atoms with Crippen molar-refractivity contribution in [1.82, 2.24) is 0 Å². The van der Waals surface area contributed by atoms with Gasteiger partial charge in [0, 0.05) is 12.2 Å². The molecule has 0 saturated carbocycles. The molecule has 0 aliphatic heterocycles. The van der Waals surface area contributed by atoms with Crippen LogP contribution in [0.25, 0.3) is 0 Å². The van der Waals surface area contributed by atoms with Crippen LogP contribution in [0, 0.1) is 0 Å². The van der Waals surface area contributed by atoms with Crippen LogP contribution in [0.15, 0.2) is 36.4 Å². The number of benzene rings is 1. The van der Waals surface area contributed by atoms with E-state index >= 15 is 0 Å². The molecule has 1 N–H and O–H groups in total. The predicted molar refractivity (Wildman–Crippen MR) is 69.8 cm³/mol. The molecule has 0 spiro atoms. The van der Waals surface area contributed by atoms with Gasteiger partial charge in [-0.25, -0.2) is 9.59 Å². The smallest absolute Gasteiger partial charge is 0.331 e. The summed E-state index contributed by atoms with van der Waals surface area (Å²) in [5, 5.41) is 8.29. The molecule has 0 saturated heterocycles. The van der Waals surface area contributed by atoms with Crippen LogP contribution >= 0.6 is 0 Å². The zero-order chi connectivity index (χ0) is 15.7. The van der Waals surface area contributed by atoms with Gasteiger partial charge in [0.2, 0.25) is 0 Å². The third kappa shape index (κ3) is 6.15. The van der Waals surface area contributed by atoms with E-state index in [0.717, 1.165) is 6.08 Å². The van der Waals surface area contributed by atoms with E-state index in [1.54, 1.807) is 12.1 Å². The molecule has 0 radical (unpaired) electrons. The monoisotopic (exact) mass is 292 g/mol. The van der Waals surface area contributed by atoms with Gasteiger partial charge in [0.15, 0.2) is 6.29 Å². The van der Waals surface area contributed by atoms with Gasteiger partial charge in [-0.2, -0.15) is 0 Å². The van der Waals surface area contributed by atoms with Crippen molar-refractivity contribution in [1.29, 1.82) is 0 Å². The Labute approximate surface area is 119 Å². The first-order chi connectivity index (χ1) is 10.0. The quantitative estimate of drug-likeness (QED) is 0.345. The highest BCUT2D eigenvalue weighted by atomic mass is 16.5. The van der Waals surface area contributed by atoms with Crippen LogP contribution in [0.5, 0.6) is 5.75 Å². The Morgan fingerprint density at radius 3 is 2.52 bits per heavy atom. The fraction of sp³-hybridized carbons (Fsp3) is 0.143. The lowest BCUT2D eigenvalue weighted by Gasteiger charge is -2.06. The molecule has 7 heteroatoms. The number of aldehydes is 1. The van der Waals surface area contributed by atoms with Crippen molar-refractivity contribution in [2.45, 2.75) is 6.42 Å². The van der Waals surface area contributed by atoms with E-state index in [-0.39, 0.29) is 24.3 Å². The molecule has 1 rings (SSSR count). The first kappa shape index (κ1) is 16.1. The van der Waals surface area contributed by atoms with Crippen molar-refractivity contribution in [3.05, 3.63) is 42.0 Å². The van der Waals surface area contributed by atoms with Crippen molar-refractivity contribution in [3.8, 4) is 5.75 Å². The summed E-state index contributed by atoms with van der Waals surface area (Å²) in [4.78, 5) is 43.4. The number of hydrogen-bond acceptors (Lipinski definition) is 6. The van der Waals surface area contributed by atoms with Gasteiger partial charge in [-0.15, -0.1) is 0 Å². The molecule has 0 aliphatic carbocycles. The standard InChI is InChI=1S/C14H12O7/c15-9-10-3-1-2-4-11(10)21-14(19)7-8-20-13(18)6-5-12(16)17/h1-6,9H,7-8H2,(H,16,17)/b6-5+. The molecule has 1 aromatic rings. The lowest BCUT2D eigenvalue weighted by Crippen LogP contribution is -2.14. The molecule has 0 aromatic heterocycles. The normalized spacial score (nSPS) is 10.1. The number of carbonyl (C=O) groups excluding carboxylic acids is 3. The van der Waals surface area contributed by atoms with Crippen LogP contribution in [0.3, 0.4) is 0 Å². The van der Waals surface area contributed by atoms with Gasteiger partial charge in [-0.05, 0) is 12.1 Å². The third-order valence-corrected chi connectivity index (χ3v) is 2.18. The molecule has 0 atom stereocenters. The third-order valence-electron chi connectivity index (χ3n) is 2.18. The number of ether oxygens (including phenoxy) is 2. The molecule has 0 amide bonds. The van der Waals surface area contributed by atoms with Gasteiger partial charge < -0.3 is 14.6 Å². The second-order valence-electron chi connectivity index (χ2n) is 3.72. The number of hydrogen-bond donors (Lipinski definition) is 1. The number of carboxylic acid groups (broad SMARTS) is 1. The van der Waals surface area contributed by atoms with Crippen LogP contribution in [-0.4, -0.2) is 35.9 Å². The summed E-state index contributed by atoms with van der Waals surface area (Å²) in [5.74, 6) is -2.72. The van der Waals surface area contributed by atoms with Crippen molar-refractivity contribution < 1.29 is 33.8 Å². The number of carbonyl (C=O) groups is 4. The largest absolute Gasteiger partial charge is 0.478 e. The fourth-order valence-electron chi connectivity index (χ4n) is 1.27. The van der Waals surface area contributed by atoms with Crippen LogP contribution in [-0.2, 0) is 19.1 Å². The highest BCUT2D eigenvalue weighted by Crippen LogP contribution is 2.16. The van der Waals surface area contributed by atoms with E-state index in [2.05, 4.69) is 4.74 Å². The average molecular weight is 292 g/mol. The minimum atomic E-state index is -1.28. The van der Waals surface area contributed by atoms with E-state index in [4.69, 9.17) is 9.84 Å². The van der Waals surface area contributed by atoms with Gasteiger partial charge in [0.05, 0.1) is 12.0 Å². The van der Waals surface area contributed by atoms with Crippen molar-refractivity contribution in [2.24, 2.45) is 0 Å². The molecule has 21 heavy (non-hydrogen) atoms. The van der Waals surface area contributed by atoms with Gasteiger partial charge in [-0.3, -0.25) is 9.59 Å². The molecule has 7 nitrogen and oxygen atoms in total. The summed E-state index contributed by atoms with van der Waals surface area (Å²) in [6, 6.07) is 6.18. The average Bonchev–Trinajstić information content (AvgIpc) is 2.45. The Morgan fingerprint density at radius 2 is 1.86 bits per heavy atom. The Bertz CT molecular complexity index is 574. The van der Waals surface area contributed by atoms with Gasteiger partial charge in [-0.1, -0.05) is 12.1 Å². The number of aliphatic carboxylic acids is 1. The lowest BCUT2D eigenvalue weighted by molar-refractivity contribution is -0.142. The zero-order valence-corrected chi connectivity index (χ0v) is 10.9. The number of para-hydroxylation sites is 1.